The quantitative estimate of drug-likeness (QED) is 0.875. The van der Waals surface area contributed by atoms with E-state index in [1.165, 1.54) is 11.4 Å². The Morgan fingerprint density at radius 1 is 1.43 bits per heavy atom. The van der Waals surface area contributed by atoms with Gasteiger partial charge in [0.25, 0.3) is 0 Å². The van der Waals surface area contributed by atoms with Crippen molar-refractivity contribution in [3.05, 3.63) is 21.9 Å². The van der Waals surface area contributed by atoms with E-state index in [0.717, 1.165) is 0 Å². The molecule has 21 heavy (non-hydrogen) atoms. The second-order valence-electron chi connectivity index (χ2n) is 5.07. The van der Waals surface area contributed by atoms with Crippen molar-refractivity contribution in [1.82, 2.24) is 5.32 Å². The summed E-state index contributed by atoms with van der Waals surface area (Å²) in [4.78, 5) is 10.8. The van der Waals surface area contributed by atoms with Crippen molar-refractivity contribution in [2.24, 2.45) is 5.41 Å². The van der Waals surface area contributed by atoms with Crippen molar-refractivity contribution in [3.63, 3.8) is 0 Å². The van der Waals surface area contributed by atoms with Gasteiger partial charge in [-0.2, -0.15) is 13.2 Å². The van der Waals surface area contributed by atoms with Gasteiger partial charge in [0.2, 0.25) is 0 Å². The predicted molar refractivity (Wildman–Crippen MR) is 71.1 cm³/mol. The molecule has 0 saturated carbocycles. The van der Waals surface area contributed by atoms with Crippen LogP contribution in [0.5, 0.6) is 0 Å². The molecular formula is C13H16F3NO3S. The second kappa shape index (κ2) is 6.33. The van der Waals surface area contributed by atoms with Crippen molar-refractivity contribution in [3.8, 4) is 0 Å². The maximum absolute atomic E-state index is 12.7. The van der Waals surface area contributed by atoms with E-state index in [4.69, 9.17) is 4.74 Å². The van der Waals surface area contributed by atoms with Gasteiger partial charge in [0.15, 0.2) is 0 Å². The van der Waals surface area contributed by atoms with Crippen molar-refractivity contribution >= 4 is 17.3 Å². The number of hydrogen-bond acceptors (Lipinski definition) is 4. The van der Waals surface area contributed by atoms with Crippen LogP contribution in [-0.4, -0.2) is 30.8 Å². The number of alkyl halides is 3. The molecule has 1 aromatic heterocycles. The van der Waals surface area contributed by atoms with Crippen molar-refractivity contribution < 1.29 is 27.8 Å². The Bertz CT molecular complexity index is 495. The lowest BCUT2D eigenvalue weighted by atomic mass is 9.80. The summed E-state index contributed by atoms with van der Waals surface area (Å²) in [5.41, 5.74) is -0.799. The normalized spacial score (nSPS) is 18.6. The summed E-state index contributed by atoms with van der Waals surface area (Å²) in [7, 11) is 0. The summed E-state index contributed by atoms with van der Waals surface area (Å²) in [6.07, 6.45) is -3.63. The number of halogens is 3. The maximum Gasteiger partial charge on any atom is 0.425 e. The summed E-state index contributed by atoms with van der Waals surface area (Å²) in [5.74, 6) is -0.931. The fourth-order valence-corrected chi connectivity index (χ4v) is 3.18. The largest absolute Gasteiger partial charge is 0.481 e. The van der Waals surface area contributed by atoms with E-state index in [1.54, 1.807) is 0 Å². The van der Waals surface area contributed by atoms with Gasteiger partial charge in [-0.1, -0.05) is 0 Å². The minimum atomic E-state index is -4.37. The van der Waals surface area contributed by atoms with Gasteiger partial charge in [-0.25, -0.2) is 0 Å². The number of nitrogens with one attached hydrogen (secondary N) is 1. The molecule has 1 fully saturated rings. The molecule has 0 aromatic carbocycles. The standard InChI is InChI=1S/C13H16F3NO3S/c14-13(15,16)10-9(1-6-21-10)7-17-8-12(11(18)19)2-4-20-5-3-12/h1,6,17H,2-5,7-8H2,(H,18,19). The molecule has 1 aliphatic heterocycles. The Hall–Kier alpha value is -1.12. The van der Waals surface area contributed by atoms with E-state index in [1.807, 2.05) is 0 Å². The lowest BCUT2D eigenvalue weighted by Gasteiger charge is -2.33. The van der Waals surface area contributed by atoms with Crippen LogP contribution in [0.2, 0.25) is 0 Å². The highest BCUT2D eigenvalue weighted by Crippen LogP contribution is 2.36. The number of carboxylic acids is 1. The number of carbonyl (C=O) groups is 1. The van der Waals surface area contributed by atoms with E-state index in [0.29, 0.717) is 37.4 Å². The van der Waals surface area contributed by atoms with Crippen LogP contribution in [0.25, 0.3) is 0 Å². The molecule has 2 rings (SSSR count). The lowest BCUT2D eigenvalue weighted by Crippen LogP contribution is -2.45. The third-order valence-corrected chi connectivity index (χ3v) is 4.69. The molecule has 1 aromatic rings. The van der Waals surface area contributed by atoms with E-state index in [2.05, 4.69) is 5.32 Å². The molecular weight excluding hydrogens is 307 g/mol. The minimum absolute atomic E-state index is 0.00817. The zero-order chi connectivity index (χ0) is 15.5. The summed E-state index contributed by atoms with van der Waals surface area (Å²) < 4.78 is 43.4. The molecule has 4 nitrogen and oxygen atoms in total. The number of hydrogen-bond donors (Lipinski definition) is 2. The molecule has 8 heteroatoms. The first-order chi connectivity index (χ1) is 9.85. The van der Waals surface area contributed by atoms with Crippen LogP contribution in [0.15, 0.2) is 11.4 Å². The van der Waals surface area contributed by atoms with Gasteiger partial charge in [-0.3, -0.25) is 4.79 Å². The maximum atomic E-state index is 12.7. The molecule has 0 amide bonds. The molecule has 2 heterocycles. The average molecular weight is 323 g/mol. The summed E-state index contributed by atoms with van der Waals surface area (Å²) in [6.45, 7) is 0.869. The van der Waals surface area contributed by atoms with Crippen LogP contribution in [0.3, 0.4) is 0 Å². The van der Waals surface area contributed by atoms with Gasteiger partial charge in [-0.15, -0.1) is 11.3 Å². The number of ether oxygens (including phenoxy) is 1. The van der Waals surface area contributed by atoms with Crippen LogP contribution >= 0.6 is 11.3 Å². The molecule has 0 aliphatic carbocycles. The molecule has 0 atom stereocenters. The van der Waals surface area contributed by atoms with E-state index in [9.17, 15) is 23.1 Å². The Labute approximate surface area is 123 Å². The summed E-state index contributed by atoms with van der Waals surface area (Å²) in [5, 5.41) is 13.6. The summed E-state index contributed by atoms with van der Waals surface area (Å²) in [6, 6.07) is 1.41. The van der Waals surface area contributed by atoms with Gasteiger partial charge in [0, 0.05) is 26.3 Å². The molecule has 0 spiro atoms. The van der Waals surface area contributed by atoms with Gasteiger partial charge >= 0.3 is 12.1 Å². The van der Waals surface area contributed by atoms with Crippen LogP contribution in [-0.2, 0) is 22.3 Å². The SMILES string of the molecule is O=C(O)C1(CNCc2ccsc2C(F)(F)F)CCOCC1. The van der Waals surface area contributed by atoms with Crippen LogP contribution in [0.1, 0.15) is 23.3 Å². The topological polar surface area (TPSA) is 58.6 Å². The fourth-order valence-electron chi connectivity index (χ4n) is 2.39. The van der Waals surface area contributed by atoms with Crippen molar-refractivity contribution in [1.29, 1.82) is 0 Å². The molecule has 0 bridgehead atoms. The molecule has 118 valence electrons. The molecule has 1 saturated heterocycles. The first-order valence-electron chi connectivity index (χ1n) is 6.51. The minimum Gasteiger partial charge on any atom is -0.481 e. The van der Waals surface area contributed by atoms with Crippen molar-refractivity contribution in [2.75, 3.05) is 19.8 Å². The first kappa shape index (κ1) is 16.3. The smallest absolute Gasteiger partial charge is 0.425 e. The number of carboxylic acid groups (broad SMARTS) is 1. The van der Waals surface area contributed by atoms with Gasteiger partial charge in [-0.05, 0) is 29.9 Å². The Balaban J connectivity index is 1.97. The second-order valence-corrected chi connectivity index (χ2v) is 5.99. The van der Waals surface area contributed by atoms with Crippen molar-refractivity contribution in [2.45, 2.75) is 25.6 Å². The molecule has 2 N–H and O–H groups in total. The number of aliphatic carboxylic acids is 1. The van der Waals surface area contributed by atoms with Crippen LogP contribution in [0.4, 0.5) is 13.2 Å². The van der Waals surface area contributed by atoms with Crippen LogP contribution in [0, 0.1) is 5.41 Å². The summed E-state index contributed by atoms with van der Waals surface area (Å²) >= 11 is 0.647. The van der Waals surface area contributed by atoms with E-state index >= 15 is 0 Å². The van der Waals surface area contributed by atoms with Gasteiger partial charge < -0.3 is 15.2 Å². The Morgan fingerprint density at radius 2 is 2.10 bits per heavy atom. The number of thiophene rings is 1. The third kappa shape index (κ3) is 3.75. The van der Waals surface area contributed by atoms with Gasteiger partial charge in [0.05, 0.1) is 5.41 Å². The highest BCUT2D eigenvalue weighted by Gasteiger charge is 2.40. The molecule has 0 unspecified atom stereocenters. The zero-order valence-corrected chi connectivity index (χ0v) is 12.0. The fraction of sp³-hybridized carbons (Fsp3) is 0.615. The Morgan fingerprint density at radius 3 is 2.67 bits per heavy atom. The third-order valence-electron chi connectivity index (χ3n) is 3.69. The lowest BCUT2D eigenvalue weighted by molar-refractivity contribution is -0.154. The van der Waals surface area contributed by atoms with Gasteiger partial charge in [0.1, 0.15) is 4.88 Å². The highest BCUT2D eigenvalue weighted by molar-refractivity contribution is 7.10. The number of rotatable bonds is 5. The highest BCUT2D eigenvalue weighted by atomic mass is 32.1. The molecule has 0 radical (unpaired) electrons. The average Bonchev–Trinajstić information content (AvgIpc) is 2.88. The zero-order valence-electron chi connectivity index (χ0n) is 11.2. The predicted octanol–water partition coefficient (Wildman–Crippen LogP) is 2.74. The Kier molecular flexibility index (Phi) is 4.90. The van der Waals surface area contributed by atoms with E-state index in [-0.39, 0.29) is 18.7 Å². The van der Waals surface area contributed by atoms with Crippen LogP contribution < -0.4 is 5.32 Å². The van der Waals surface area contributed by atoms with E-state index < -0.39 is 22.4 Å². The first-order valence-corrected chi connectivity index (χ1v) is 7.38. The molecule has 1 aliphatic rings. The monoisotopic (exact) mass is 323 g/mol.